The van der Waals surface area contributed by atoms with Crippen molar-refractivity contribution >= 4 is 12.0 Å². The fourth-order valence-electron chi connectivity index (χ4n) is 0.613. The summed E-state index contributed by atoms with van der Waals surface area (Å²) in [7, 11) is 0. The second-order valence-corrected chi connectivity index (χ2v) is 2.10. The highest BCUT2D eigenvalue weighted by molar-refractivity contribution is 5.96. The molecular weight excluding hydrogens is 182 g/mol. The van der Waals surface area contributed by atoms with Crippen molar-refractivity contribution < 1.29 is 21.9 Å². The van der Waals surface area contributed by atoms with Crippen LogP contribution in [0, 0.1) is 11.3 Å². The lowest BCUT2D eigenvalue weighted by atomic mass is 10.1. The molecule has 0 aliphatic carbocycles. The highest BCUT2D eigenvalue weighted by Gasteiger charge is 2.04. The molecule has 70 valence electrons. The Morgan fingerprint density at radius 1 is 1.64 bits per heavy atom. The first-order valence-corrected chi connectivity index (χ1v) is 3.34. The van der Waals surface area contributed by atoms with Crippen LogP contribution in [0.2, 0.25) is 0 Å². The van der Waals surface area contributed by atoms with Gasteiger partial charge in [-0.2, -0.15) is 5.26 Å². The van der Waals surface area contributed by atoms with Crippen LogP contribution in [0.4, 0.5) is 0 Å². The normalized spacial score (nSPS) is 17.8. The van der Waals surface area contributed by atoms with Crippen molar-refractivity contribution in [1.82, 2.24) is 0 Å². The second kappa shape index (κ2) is 4.10. The zero-order valence-electron chi connectivity index (χ0n) is 13.7. The molecule has 0 radical (unpaired) electrons. The average Bonchev–Trinajstić information content (AvgIpc) is 2.46. The second-order valence-electron chi connectivity index (χ2n) is 2.10. The summed E-state index contributed by atoms with van der Waals surface area (Å²) in [4.78, 5) is 11.2. The minimum Gasteiger partial charge on any atom is -0.508 e. The number of hydrogen-bond acceptors (Lipinski definition) is 4. The topological polar surface area (TPSA) is 81.3 Å². The number of phenols is 1. The van der Waals surface area contributed by atoms with Gasteiger partial charge in [0.25, 0.3) is 2.86 Å². The maximum absolute atomic E-state index is 11.2. The number of hydrogen-bond donors (Lipinski definition) is 2. The van der Waals surface area contributed by atoms with Crippen molar-refractivity contribution in [2.75, 3.05) is 0 Å². The number of aromatic hydroxyl groups is 1. The molecule has 0 aliphatic heterocycles. The number of nitrogens with zero attached hydrogens (tertiary/aromatic N) is 1. The number of benzene rings is 1. The van der Waals surface area contributed by atoms with Gasteiger partial charge in [-0.05, 0) is 23.7 Å². The predicted octanol–water partition coefficient (Wildman–Crippen LogP) is 1.38. The minimum absolute atomic E-state index is 0.632. The largest absolute Gasteiger partial charge is 0.508 e. The summed E-state index contributed by atoms with van der Waals surface area (Å²) < 4.78 is 51.2. The number of carboxylic acids is 1. The third-order valence-electron chi connectivity index (χ3n) is 1.17. The van der Waals surface area contributed by atoms with Crippen LogP contribution in [0.3, 0.4) is 0 Å². The van der Waals surface area contributed by atoms with Crippen molar-refractivity contribution in [3.63, 3.8) is 0 Å². The summed E-state index contributed by atoms with van der Waals surface area (Å²) in [5.41, 5.74) is -1.57. The van der Waals surface area contributed by atoms with Gasteiger partial charge in [-0.1, -0.05) is 12.1 Å². The van der Waals surface area contributed by atoms with Crippen LogP contribution in [-0.4, -0.2) is 17.6 Å². The summed E-state index contributed by atoms with van der Waals surface area (Å²) in [5.74, 6) is -2.11. The molecule has 4 nitrogen and oxygen atoms in total. The first kappa shape index (κ1) is 3.84. The van der Waals surface area contributed by atoms with Crippen molar-refractivity contribution in [3.8, 4) is 11.8 Å². The predicted molar refractivity (Wildman–Crippen MR) is 49.3 cm³/mol. The van der Waals surface area contributed by atoms with E-state index in [9.17, 15) is 4.79 Å². The molecule has 1 aromatic rings. The lowest BCUT2D eigenvalue weighted by Gasteiger charge is -1.94. The first-order valence-electron chi connectivity index (χ1n) is 6.65. The summed E-state index contributed by atoms with van der Waals surface area (Å²) in [6, 6.07) is -2.58. The van der Waals surface area contributed by atoms with Crippen LogP contribution in [0.5, 0.6) is 5.75 Å². The molecule has 0 atom stereocenters. The van der Waals surface area contributed by atoms with E-state index in [4.69, 9.17) is 15.0 Å². The van der Waals surface area contributed by atoms with E-state index in [1.807, 2.05) is 0 Å². The van der Waals surface area contributed by atoms with Crippen LogP contribution >= 0.6 is 0 Å². The van der Waals surface area contributed by atoms with Crippen molar-refractivity contribution in [2.45, 2.75) is 0 Å². The van der Waals surface area contributed by atoms with E-state index in [-0.39, 0.29) is 0 Å². The summed E-state index contributed by atoms with van der Waals surface area (Å²) in [6.07, 6.45) is 0. The molecule has 0 amide bonds. The molecule has 0 fully saturated rings. The lowest BCUT2D eigenvalue weighted by Crippen LogP contribution is -1.97. The van der Waals surface area contributed by atoms with Gasteiger partial charge in [0.05, 0.1) is 6.85 Å². The summed E-state index contributed by atoms with van der Waals surface area (Å²) in [5, 5.41) is 16.4. The maximum atomic E-state index is 11.2. The molecule has 0 aliphatic rings. The van der Waals surface area contributed by atoms with E-state index >= 15 is 0 Å². The molecule has 4 heteroatoms. The molecule has 0 spiro atoms. The van der Waals surface area contributed by atoms with Gasteiger partial charge in [-0.25, -0.2) is 4.79 Å². The van der Waals surface area contributed by atoms with E-state index in [1.54, 1.807) is 0 Å². The van der Waals surface area contributed by atoms with Crippen molar-refractivity contribution in [1.29, 1.82) is 8.12 Å². The Bertz CT molecular complexity index is 651. The zero-order chi connectivity index (χ0) is 16.3. The van der Waals surface area contributed by atoms with E-state index < -0.39 is 53.1 Å². The first-order chi connectivity index (χ1) is 9.81. The maximum Gasteiger partial charge on any atom is 0.346 e. The molecule has 0 heterocycles. The summed E-state index contributed by atoms with van der Waals surface area (Å²) >= 11 is 0. The molecule has 0 bridgehead atoms. The van der Waals surface area contributed by atoms with Crippen LogP contribution in [0.15, 0.2) is 29.7 Å². The Kier molecular flexibility index (Phi) is 1.13. The van der Waals surface area contributed by atoms with Gasteiger partial charge >= 0.3 is 5.97 Å². The molecule has 14 heavy (non-hydrogen) atoms. The monoisotopic (exact) mass is 196 g/mol. The average molecular weight is 196 g/mol. The molecule has 0 saturated heterocycles. The molecule has 0 aromatic heterocycles. The van der Waals surface area contributed by atoms with Crippen molar-refractivity contribution in [2.24, 2.45) is 0 Å². The molecule has 2 N–H and O–H groups in total. The number of nitriles is 1. The highest BCUT2D eigenvalue weighted by Crippen LogP contribution is 2.12. The van der Waals surface area contributed by atoms with Gasteiger partial charge in [0.15, 0.2) is 0 Å². The Balaban J connectivity index is 3.78. The van der Waals surface area contributed by atoms with Gasteiger partial charge < -0.3 is 10.2 Å². The minimum atomic E-state index is -1.46. The van der Waals surface area contributed by atoms with Gasteiger partial charge in [0.1, 0.15) is 17.4 Å². The molecule has 1 aromatic carbocycles. The number of carboxylic acid groups (broad SMARTS) is 1. The van der Waals surface area contributed by atoms with Gasteiger partial charge in [0.2, 0.25) is 0 Å². The highest BCUT2D eigenvalue weighted by atomic mass is 16.4. The Morgan fingerprint density at radius 3 is 2.86 bits per heavy atom. The van der Waals surface area contributed by atoms with Gasteiger partial charge in [-0.15, -0.1) is 0 Å². The number of rotatable bonds is 3. The standard InChI is InChI=1S/C10H7NO3/c11-6-8(10(13)14)5-7-1-3-9(12)4-2-7/h1-5,12H,(H,13,14)/i1D,2D,3D,4D,5D/hD2. The number of carbonyl (C=O) groups is 1. The van der Waals surface area contributed by atoms with Crippen LogP contribution in [0.25, 0.3) is 7.48 Å². The SMILES string of the molecule is [2H]OC(=O)C(C#N)=C([2H])c1c([2H])c([2H])c(O[2H])c([2H])c1[2H]. The molecule has 1 rings (SSSR count). The fraction of sp³-hybridized carbons (Fsp3) is 0. The van der Waals surface area contributed by atoms with Gasteiger partial charge in [0, 0.05) is 0 Å². The van der Waals surface area contributed by atoms with E-state index in [0.29, 0.717) is 0 Å². The number of phenolic OH excluding ortho intramolecular Hbond substituents is 1. The lowest BCUT2D eigenvalue weighted by molar-refractivity contribution is -0.132. The Labute approximate surface area is 90.4 Å². The Morgan fingerprint density at radius 2 is 2.36 bits per heavy atom. The van der Waals surface area contributed by atoms with Crippen LogP contribution < -0.4 is 0 Å². The van der Waals surface area contributed by atoms with Crippen LogP contribution in [0.1, 0.15) is 12.4 Å². The third kappa shape index (κ3) is 2.35. The third-order valence-corrected chi connectivity index (χ3v) is 1.17. The van der Waals surface area contributed by atoms with Crippen LogP contribution in [-0.2, 0) is 4.79 Å². The van der Waals surface area contributed by atoms with E-state index in [1.165, 1.54) is 6.07 Å². The molecule has 0 saturated carbocycles. The summed E-state index contributed by atoms with van der Waals surface area (Å²) in [6.45, 7) is 0. The van der Waals surface area contributed by atoms with Gasteiger partial charge in [-0.3, -0.25) is 0 Å². The van der Waals surface area contributed by atoms with E-state index in [0.717, 1.165) is 0 Å². The Hall–Kier alpha value is -2.28. The molecule has 0 unspecified atom stereocenters. The van der Waals surface area contributed by atoms with Crippen molar-refractivity contribution in [3.05, 3.63) is 35.3 Å². The quantitative estimate of drug-likeness (QED) is 0.565. The fourth-order valence-corrected chi connectivity index (χ4v) is 0.613. The zero-order valence-corrected chi connectivity index (χ0v) is 6.67. The molecular formula is C10H7NO3. The number of aliphatic carboxylic acids is 1. The van der Waals surface area contributed by atoms with E-state index in [2.05, 4.69) is 10.2 Å². The smallest absolute Gasteiger partial charge is 0.346 e.